The molecule has 1 aromatic heterocycles. The van der Waals surface area contributed by atoms with E-state index < -0.39 is 4.92 Å². The number of nitrogens with one attached hydrogen (secondary N) is 1. The summed E-state index contributed by atoms with van der Waals surface area (Å²) in [5.74, 6) is -0.136. The third-order valence-corrected chi connectivity index (χ3v) is 2.59. The normalized spacial score (nSPS) is 12.1. The van der Waals surface area contributed by atoms with E-state index in [1.54, 1.807) is 18.6 Å². The molecular formula is C12H12N2O4. The van der Waals surface area contributed by atoms with Crippen molar-refractivity contribution in [3.8, 4) is 5.75 Å². The van der Waals surface area contributed by atoms with Gasteiger partial charge in [0.15, 0.2) is 0 Å². The Morgan fingerprint density at radius 2 is 2.22 bits per heavy atom. The molecular weight excluding hydrogens is 236 g/mol. The lowest BCUT2D eigenvalue weighted by Crippen LogP contribution is -2.07. The molecule has 0 aliphatic carbocycles. The molecule has 0 aliphatic rings. The molecule has 6 heteroatoms. The minimum atomic E-state index is -0.538. The summed E-state index contributed by atoms with van der Waals surface area (Å²) >= 11 is 0. The minimum Gasteiger partial charge on any atom is -0.508 e. The molecule has 0 aliphatic heterocycles. The standard InChI is InChI=1S/C12H12N2O4/c1-8(9-4-5-18-7-9)13-11-3-2-10(15)6-12(11)14(16)17/h2-8,13,15H,1H3. The number of nitro benzene ring substituents is 1. The van der Waals surface area contributed by atoms with Gasteiger partial charge in [0.25, 0.3) is 5.69 Å². The quantitative estimate of drug-likeness (QED) is 0.493. The third kappa shape index (κ3) is 2.42. The van der Waals surface area contributed by atoms with Crippen molar-refractivity contribution in [1.82, 2.24) is 0 Å². The highest BCUT2D eigenvalue weighted by atomic mass is 16.6. The molecule has 0 radical (unpaired) electrons. The van der Waals surface area contributed by atoms with Gasteiger partial charge < -0.3 is 14.8 Å². The van der Waals surface area contributed by atoms with Crippen molar-refractivity contribution in [1.29, 1.82) is 0 Å². The van der Waals surface area contributed by atoms with Gasteiger partial charge in [-0.1, -0.05) is 0 Å². The van der Waals surface area contributed by atoms with Crippen LogP contribution in [0.1, 0.15) is 18.5 Å². The number of benzene rings is 1. The summed E-state index contributed by atoms with van der Waals surface area (Å²) in [4.78, 5) is 10.3. The Labute approximate surface area is 103 Å². The highest BCUT2D eigenvalue weighted by molar-refractivity contribution is 5.64. The molecule has 1 aromatic carbocycles. The first kappa shape index (κ1) is 12.0. The Hall–Kier alpha value is -2.50. The topological polar surface area (TPSA) is 88.5 Å². The second-order valence-electron chi connectivity index (χ2n) is 3.88. The van der Waals surface area contributed by atoms with Gasteiger partial charge in [0.2, 0.25) is 0 Å². The van der Waals surface area contributed by atoms with E-state index in [0.717, 1.165) is 11.6 Å². The molecule has 0 spiro atoms. The summed E-state index contributed by atoms with van der Waals surface area (Å²) in [5, 5.41) is 23.1. The minimum absolute atomic E-state index is 0.132. The molecule has 1 atom stereocenters. The van der Waals surface area contributed by atoms with E-state index in [1.165, 1.54) is 12.1 Å². The van der Waals surface area contributed by atoms with Crippen LogP contribution in [-0.4, -0.2) is 10.0 Å². The van der Waals surface area contributed by atoms with E-state index in [1.807, 2.05) is 6.92 Å². The van der Waals surface area contributed by atoms with E-state index >= 15 is 0 Å². The monoisotopic (exact) mass is 248 g/mol. The lowest BCUT2D eigenvalue weighted by molar-refractivity contribution is -0.384. The molecule has 0 saturated heterocycles. The van der Waals surface area contributed by atoms with Gasteiger partial charge in [0, 0.05) is 5.56 Å². The first-order valence-electron chi connectivity index (χ1n) is 5.34. The van der Waals surface area contributed by atoms with Crippen LogP contribution in [0.3, 0.4) is 0 Å². The fourth-order valence-corrected chi connectivity index (χ4v) is 1.63. The first-order valence-corrected chi connectivity index (χ1v) is 5.34. The molecule has 0 amide bonds. The average molecular weight is 248 g/mol. The van der Waals surface area contributed by atoms with Crippen LogP contribution in [0.15, 0.2) is 41.2 Å². The Morgan fingerprint density at radius 1 is 1.44 bits per heavy atom. The second kappa shape index (κ2) is 4.79. The summed E-state index contributed by atoms with van der Waals surface area (Å²) in [7, 11) is 0. The summed E-state index contributed by atoms with van der Waals surface area (Å²) < 4.78 is 4.96. The van der Waals surface area contributed by atoms with Gasteiger partial charge in [0.1, 0.15) is 11.4 Å². The number of hydrogen-bond donors (Lipinski definition) is 2. The number of nitrogens with zero attached hydrogens (tertiary/aromatic N) is 1. The van der Waals surface area contributed by atoms with Crippen molar-refractivity contribution < 1.29 is 14.4 Å². The van der Waals surface area contributed by atoms with Gasteiger partial charge in [-0.25, -0.2) is 0 Å². The fraction of sp³-hybridized carbons (Fsp3) is 0.167. The van der Waals surface area contributed by atoms with Gasteiger partial charge in [-0.3, -0.25) is 10.1 Å². The Morgan fingerprint density at radius 3 is 2.83 bits per heavy atom. The second-order valence-corrected chi connectivity index (χ2v) is 3.88. The fourth-order valence-electron chi connectivity index (χ4n) is 1.63. The maximum absolute atomic E-state index is 10.9. The van der Waals surface area contributed by atoms with Gasteiger partial charge in [-0.05, 0) is 25.1 Å². The lowest BCUT2D eigenvalue weighted by atomic mass is 10.1. The maximum Gasteiger partial charge on any atom is 0.296 e. The van der Waals surface area contributed by atoms with E-state index in [4.69, 9.17) is 4.42 Å². The number of furan rings is 1. The van der Waals surface area contributed by atoms with Crippen LogP contribution < -0.4 is 5.32 Å². The SMILES string of the molecule is CC(Nc1ccc(O)cc1[N+](=O)[O-])c1ccoc1. The zero-order valence-corrected chi connectivity index (χ0v) is 9.66. The van der Waals surface area contributed by atoms with Crippen LogP contribution in [0.5, 0.6) is 5.75 Å². The summed E-state index contributed by atoms with van der Waals surface area (Å²) in [6, 6.07) is 5.64. The van der Waals surface area contributed by atoms with Crippen molar-refractivity contribution in [2.24, 2.45) is 0 Å². The number of aromatic hydroxyl groups is 1. The number of hydrogen-bond acceptors (Lipinski definition) is 5. The molecule has 0 saturated carbocycles. The molecule has 1 unspecified atom stereocenters. The molecule has 2 rings (SSSR count). The molecule has 18 heavy (non-hydrogen) atoms. The molecule has 2 N–H and O–H groups in total. The predicted molar refractivity (Wildman–Crippen MR) is 65.5 cm³/mol. The number of phenols is 1. The zero-order valence-electron chi connectivity index (χ0n) is 9.66. The predicted octanol–water partition coefficient (Wildman–Crippen LogP) is 3.07. The van der Waals surface area contributed by atoms with E-state index in [2.05, 4.69) is 5.32 Å². The molecule has 6 nitrogen and oxygen atoms in total. The van der Waals surface area contributed by atoms with Crippen LogP contribution in [0.25, 0.3) is 0 Å². The molecule has 2 aromatic rings. The van der Waals surface area contributed by atoms with Crippen molar-refractivity contribution in [2.75, 3.05) is 5.32 Å². The molecule has 94 valence electrons. The summed E-state index contributed by atoms with van der Waals surface area (Å²) in [6.45, 7) is 1.86. The smallest absolute Gasteiger partial charge is 0.296 e. The van der Waals surface area contributed by atoms with E-state index in [9.17, 15) is 15.2 Å². The van der Waals surface area contributed by atoms with Crippen molar-refractivity contribution in [3.05, 3.63) is 52.5 Å². The van der Waals surface area contributed by atoms with Crippen LogP contribution in [0.4, 0.5) is 11.4 Å². The summed E-state index contributed by atoms with van der Waals surface area (Å²) in [6.07, 6.45) is 3.11. The van der Waals surface area contributed by atoms with Crippen molar-refractivity contribution in [3.63, 3.8) is 0 Å². The van der Waals surface area contributed by atoms with E-state index in [-0.39, 0.29) is 17.5 Å². The van der Waals surface area contributed by atoms with Crippen LogP contribution in [0, 0.1) is 10.1 Å². The largest absolute Gasteiger partial charge is 0.508 e. The number of phenolic OH excluding ortho intramolecular Hbond substituents is 1. The Kier molecular flexibility index (Phi) is 3.18. The lowest BCUT2D eigenvalue weighted by Gasteiger charge is -2.13. The van der Waals surface area contributed by atoms with E-state index in [0.29, 0.717) is 5.69 Å². The highest BCUT2D eigenvalue weighted by Gasteiger charge is 2.17. The van der Waals surface area contributed by atoms with Gasteiger partial charge in [-0.15, -0.1) is 0 Å². The highest BCUT2D eigenvalue weighted by Crippen LogP contribution is 2.31. The number of anilines is 1. The summed E-state index contributed by atoms with van der Waals surface area (Å²) in [5.41, 5.74) is 1.08. The van der Waals surface area contributed by atoms with Gasteiger partial charge in [0.05, 0.1) is 29.6 Å². The Balaban J connectivity index is 2.26. The molecule has 1 heterocycles. The number of rotatable bonds is 4. The first-order chi connectivity index (χ1) is 8.58. The van der Waals surface area contributed by atoms with Crippen molar-refractivity contribution >= 4 is 11.4 Å². The van der Waals surface area contributed by atoms with Crippen LogP contribution in [-0.2, 0) is 0 Å². The van der Waals surface area contributed by atoms with Crippen LogP contribution >= 0.6 is 0 Å². The molecule has 0 bridgehead atoms. The Bertz CT molecular complexity index is 551. The van der Waals surface area contributed by atoms with Gasteiger partial charge in [-0.2, -0.15) is 0 Å². The third-order valence-electron chi connectivity index (χ3n) is 2.59. The van der Waals surface area contributed by atoms with Gasteiger partial charge >= 0.3 is 0 Å². The molecule has 0 fully saturated rings. The zero-order chi connectivity index (χ0) is 13.1. The number of nitro groups is 1. The maximum atomic E-state index is 10.9. The van der Waals surface area contributed by atoms with Crippen LogP contribution in [0.2, 0.25) is 0 Å². The average Bonchev–Trinajstić information content (AvgIpc) is 2.84. The van der Waals surface area contributed by atoms with Crippen molar-refractivity contribution in [2.45, 2.75) is 13.0 Å².